The second kappa shape index (κ2) is 6.13. The summed E-state index contributed by atoms with van der Waals surface area (Å²) in [5, 5.41) is 38.7. The van der Waals surface area contributed by atoms with Crippen LogP contribution in [-0.2, 0) is 0 Å². The number of hydrogen-bond acceptors (Lipinski definition) is 6. The predicted molar refractivity (Wildman–Crippen MR) is 54.1 cm³/mol. The Balaban J connectivity index is 5.19. The molecule has 0 heterocycles. The molecule has 0 saturated carbocycles. The normalized spacial score (nSPS) is 16.2. The number of nitrogens with zero attached hydrogens (tertiary/aromatic N) is 2. The van der Waals surface area contributed by atoms with Crippen molar-refractivity contribution in [3.05, 3.63) is 31.4 Å². The van der Waals surface area contributed by atoms with Crippen molar-refractivity contribution in [3.63, 3.8) is 0 Å². The monoisotopic (exact) mass is 234 g/mol. The van der Waals surface area contributed by atoms with E-state index in [2.05, 4.69) is 0 Å². The summed E-state index contributed by atoms with van der Waals surface area (Å²) in [6.07, 6.45) is 0. The highest BCUT2D eigenvalue weighted by atomic mass is 16.6. The van der Waals surface area contributed by atoms with Crippen LogP contribution in [0.5, 0.6) is 0 Å². The molecule has 0 rings (SSSR count). The lowest BCUT2D eigenvalue weighted by atomic mass is 9.99. The molecule has 0 aromatic rings. The smallest absolute Gasteiger partial charge is 0.257 e. The molecule has 0 amide bonds. The van der Waals surface area contributed by atoms with Crippen molar-refractivity contribution in [1.29, 1.82) is 0 Å². The molecular formula is C8H14N2O6. The minimum absolute atomic E-state index is 0.100. The molecule has 0 spiro atoms. The Bertz CT molecular complexity index is 284. The van der Waals surface area contributed by atoms with E-state index in [9.17, 15) is 20.2 Å². The maximum atomic E-state index is 10.5. The molecule has 0 aliphatic carbocycles. The molecule has 2 N–H and O–H groups in total. The van der Waals surface area contributed by atoms with Gasteiger partial charge in [0, 0.05) is 21.0 Å². The first kappa shape index (κ1) is 14.5. The zero-order valence-electron chi connectivity index (χ0n) is 8.99. The van der Waals surface area contributed by atoms with Crippen molar-refractivity contribution in [2.75, 3.05) is 13.2 Å². The first-order valence-corrected chi connectivity index (χ1v) is 4.52. The van der Waals surface area contributed by atoms with E-state index in [1.807, 2.05) is 0 Å². The average molecular weight is 234 g/mol. The molecule has 0 aliphatic rings. The van der Waals surface area contributed by atoms with Crippen LogP contribution in [0.15, 0.2) is 11.1 Å². The molecule has 2 unspecified atom stereocenters. The number of hydrogen-bond donors (Lipinski definition) is 2. The summed E-state index contributed by atoms with van der Waals surface area (Å²) in [7, 11) is 0. The Morgan fingerprint density at radius 3 is 1.38 bits per heavy atom. The van der Waals surface area contributed by atoms with Crippen LogP contribution in [0.1, 0.15) is 13.8 Å². The van der Waals surface area contributed by atoms with Gasteiger partial charge in [0.1, 0.15) is 13.2 Å². The molecule has 8 nitrogen and oxygen atoms in total. The van der Waals surface area contributed by atoms with Crippen molar-refractivity contribution in [2.24, 2.45) is 0 Å². The molecule has 0 fully saturated rings. The fraction of sp³-hybridized carbons (Fsp3) is 0.750. The van der Waals surface area contributed by atoms with Gasteiger partial charge < -0.3 is 10.2 Å². The van der Waals surface area contributed by atoms with Gasteiger partial charge in [-0.2, -0.15) is 0 Å². The van der Waals surface area contributed by atoms with Crippen LogP contribution in [0.4, 0.5) is 0 Å². The van der Waals surface area contributed by atoms with Crippen molar-refractivity contribution >= 4 is 0 Å². The second-order valence-corrected chi connectivity index (χ2v) is 3.33. The third kappa shape index (κ3) is 3.24. The van der Waals surface area contributed by atoms with Gasteiger partial charge in [0.25, 0.3) is 12.1 Å². The Hall–Kier alpha value is -1.54. The molecule has 8 heteroatoms. The summed E-state index contributed by atoms with van der Waals surface area (Å²) in [4.78, 5) is 19.6. The fourth-order valence-corrected chi connectivity index (χ4v) is 1.25. The van der Waals surface area contributed by atoms with Gasteiger partial charge in [-0.15, -0.1) is 0 Å². The predicted octanol–water partition coefficient (Wildman–Crippen LogP) is -0.402. The van der Waals surface area contributed by atoms with Gasteiger partial charge in [0.15, 0.2) is 0 Å². The van der Waals surface area contributed by atoms with Crippen molar-refractivity contribution in [3.8, 4) is 0 Å². The van der Waals surface area contributed by atoms with Crippen LogP contribution in [-0.4, -0.2) is 45.4 Å². The maximum Gasteiger partial charge on any atom is 0.257 e. The lowest BCUT2D eigenvalue weighted by molar-refractivity contribution is -0.521. The highest BCUT2D eigenvalue weighted by Gasteiger charge is 2.30. The van der Waals surface area contributed by atoms with Gasteiger partial charge in [0.05, 0.1) is 0 Å². The van der Waals surface area contributed by atoms with Gasteiger partial charge in [-0.05, 0) is 13.8 Å². The molecule has 0 bridgehead atoms. The standard InChI is InChI=1S/C8H14N2O6/c1-5(7(3-11)9(13)14)6(2)8(4-12)10(15)16/h7-8,11-12H,3-4H2,1-2H3/b6-5-. The Kier molecular flexibility index (Phi) is 5.54. The molecule has 16 heavy (non-hydrogen) atoms. The largest absolute Gasteiger partial charge is 0.389 e. The zero-order chi connectivity index (χ0) is 12.9. The van der Waals surface area contributed by atoms with Crippen molar-refractivity contribution in [1.82, 2.24) is 0 Å². The van der Waals surface area contributed by atoms with Crippen LogP contribution < -0.4 is 0 Å². The van der Waals surface area contributed by atoms with Crippen molar-refractivity contribution < 1.29 is 20.1 Å². The van der Waals surface area contributed by atoms with E-state index in [0.29, 0.717) is 0 Å². The van der Waals surface area contributed by atoms with Crippen LogP contribution >= 0.6 is 0 Å². The number of aliphatic hydroxyl groups excluding tert-OH is 2. The van der Waals surface area contributed by atoms with E-state index in [1.54, 1.807) is 0 Å². The molecule has 0 saturated heterocycles. The van der Waals surface area contributed by atoms with Gasteiger partial charge >= 0.3 is 0 Å². The maximum absolute atomic E-state index is 10.5. The van der Waals surface area contributed by atoms with E-state index in [4.69, 9.17) is 10.2 Å². The molecule has 0 radical (unpaired) electrons. The number of nitro groups is 2. The average Bonchev–Trinajstić information content (AvgIpc) is 2.18. The highest BCUT2D eigenvalue weighted by Crippen LogP contribution is 2.16. The summed E-state index contributed by atoms with van der Waals surface area (Å²) >= 11 is 0. The summed E-state index contributed by atoms with van der Waals surface area (Å²) in [6, 6.07) is -2.73. The van der Waals surface area contributed by atoms with E-state index >= 15 is 0 Å². The molecular weight excluding hydrogens is 220 g/mol. The van der Waals surface area contributed by atoms with Crippen LogP contribution in [0.2, 0.25) is 0 Å². The lowest BCUT2D eigenvalue weighted by Crippen LogP contribution is -2.31. The van der Waals surface area contributed by atoms with E-state index in [-0.39, 0.29) is 11.1 Å². The lowest BCUT2D eigenvalue weighted by Gasteiger charge is -2.13. The molecule has 0 aromatic heterocycles. The molecule has 92 valence electrons. The zero-order valence-corrected chi connectivity index (χ0v) is 8.99. The number of rotatable bonds is 6. The molecule has 0 aromatic carbocycles. The Morgan fingerprint density at radius 1 is 1.00 bits per heavy atom. The Labute approximate surface area is 91.5 Å². The summed E-state index contributed by atoms with van der Waals surface area (Å²) < 4.78 is 0. The second-order valence-electron chi connectivity index (χ2n) is 3.33. The van der Waals surface area contributed by atoms with Crippen LogP contribution in [0.25, 0.3) is 0 Å². The highest BCUT2D eigenvalue weighted by molar-refractivity contribution is 5.18. The molecule has 2 atom stereocenters. The first-order chi connectivity index (χ1) is 7.36. The summed E-state index contributed by atoms with van der Waals surface area (Å²) in [6.45, 7) is 1.22. The first-order valence-electron chi connectivity index (χ1n) is 4.52. The third-order valence-corrected chi connectivity index (χ3v) is 2.48. The summed E-state index contributed by atoms with van der Waals surface area (Å²) in [5.41, 5.74) is 0.200. The van der Waals surface area contributed by atoms with Gasteiger partial charge in [-0.25, -0.2) is 0 Å². The van der Waals surface area contributed by atoms with E-state index in [0.717, 1.165) is 0 Å². The van der Waals surface area contributed by atoms with Crippen LogP contribution in [0.3, 0.4) is 0 Å². The number of aliphatic hydroxyl groups is 2. The van der Waals surface area contributed by atoms with E-state index in [1.165, 1.54) is 13.8 Å². The van der Waals surface area contributed by atoms with Gasteiger partial charge in [-0.3, -0.25) is 20.2 Å². The minimum Gasteiger partial charge on any atom is -0.389 e. The van der Waals surface area contributed by atoms with E-state index < -0.39 is 35.1 Å². The quantitative estimate of drug-likeness (QED) is 0.365. The topological polar surface area (TPSA) is 127 Å². The van der Waals surface area contributed by atoms with Gasteiger partial charge in [-0.1, -0.05) is 0 Å². The van der Waals surface area contributed by atoms with Crippen molar-refractivity contribution in [2.45, 2.75) is 25.9 Å². The Morgan fingerprint density at radius 2 is 1.25 bits per heavy atom. The van der Waals surface area contributed by atoms with Crippen LogP contribution in [0, 0.1) is 20.2 Å². The van der Waals surface area contributed by atoms with Gasteiger partial charge in [0.2, 0.25) is 0 Å². The summed E-state index contributed by atoms with van der Waals surface area (Å²) in [5.74, 6) is 0. The third-order valence-electron chi connectivity index (χ3n) is 2.48. The SMILES string of the molecule is C/C(=C(\C)C(CO)[N+](=O)[O-])C(CO)[N+](=O)[O-]. The molecule has 0 aliphatic heterocycles. The fourth-order valence-electron chi connectivity index (χ4n) is 1.25. The minimum atomic E-state index is -1.37.